The van der Waals surface area contributed by atoms with Crippen LogP contribution in [0, 0.1) is 11.3 Å². The van der Waals surface area contributed by atoms with E-state index in [1.807, 2.05) is 48.5 Å². The molecular formula is C27H24N4O3S. The molecule has 2 aliphatic heterocycles. The molecule has 3 aromatic rings. The van der Waals surface area contributed by atoms with Crippen molar-refractivity contribution in [3.63, 3.8) is 0 Å². The zero-order valence-electron chi connectivity index (χ0n) is 19.0. The van der Waals surface area contributed by atoms with Crippen LogP contribution in [0.3, 0.4) is 0 Å². The molecule has 1 atom stereocenters. The summed E-state index contributed by atoms with van der Waals surface area (Å²) in [7, 11) is 0. The Hall–Kier alpha value is -3.80. The Morgan fingerprint density at radius 1 is 1.09 bits per heavy atom. The van der Waals surface area contributed by atoms with E-state index in [0.717, 1.165) is 33.0 Å². The third kappa shape index (κ3) is 5.32. The van der Waals surface area contributed by atoms with Gasteiger partial charge in [0.15, 0.2) is 0 Å². The second kappa shape index (κ2) is 10.2. The standard InChI is InChI=1S/C27H24N4O3S/c28-14-18-3-1-5-20(11-18)21-6-2-4-19(12-21)15-29-10-9-23-16-31(27(33)34-23)22-7-8-25-24(13-22)30-26(32)17-35-25/h1-8,11-13,23,29H,9-10,15-17H2,(H,30,32)/t23-/m1/s1. The van der Waals surface area contributed by atoms with E-state index in [9.17, 15) is 9.59 Å². The van der Waals surface area contributed by atoms with Gasteiger partial charge >= 0.3 is 6.09 Å². The maximum Gasteiger partial charge on any atom is 0.414 e. The molecule has 2 amide bonds. The molecule has 0 aliphatic carbocycles. The Morgan fingerprint density at radius 3 is 2.77 bits per heavy atom. The van der Waals surface area contributed by atoms with Gasteiger partial charge in [-0.15, -0.1) is 11.8 Å². The molecule has 1 saturated heterocycles. The van der Waals surface area contributed by atoms with E-state index in [0.29, 0.717) is 37.4 Å². The quantitative estimate of drug-likeness (QED) is 0.469. The van der Waals surface area contributed by atoms with Crippen molar-refractivity contribution in [3.8, 4) is 17.2 Å². The van der Waals surface area contributed by atoms with Crippen LogP contribution in [0.25, 0.3) is 11.1 Å². The number of thioether (sulfide) groups is 1. The van der Waals surface area contributed by atoms with Crippen molar-refractivity contribution in [2.24, 2.45) is 0 Å². The molecule has 0 saturated carbocycles. The Labute approximate surface area is 208 Å². The maximum atomic E-state index is 12.5. The van der Waals surface area contributed by atoms with Gasteiger partial charge < -0.3 is 15.4 Å². The van der Waals surface area contributed by atoms with Gasteiger partial charge in [-0.2, -0.15) is 5.26 Å². The number of fused-ring (bicyclic) bond motifs is 1. The summed E-state index contributed by atoms with van der Waals surface area (Å²) in [4.78, 5) is 26.8. The summed E-state index contributed by atoms with van der Waals surface area (Å²) >= 11 is 1.49. The second-order valence-corrected chi connectivity index (χ2v) is 9.51. The van der Waals surface area contributed by atoms with Crippen molar-refractivity contribution < 1.29 is 14.3 Å². The van der Waals surface area contributed by atoms with Crippen LogP contribution in [-0.4, -0.2) is 36.9 Å². The highest BCUT2D eigenvalue weighted by atomic mass is 32.2. The monoisotopic (exact) mass is 484 g/mol. The number of amides is 2. The first-order valence-electron chi connectivity index (χ1n) is 11.4. The number of benzene rings is 3. The minimum absolute atomic E-state index is 0.0335. The predicted molar refractivity (Wildman–Crippen MR) is 136 cm³/mol. The average Bonchev–Trinajstić information content (AvgIpc) is 3.26. The van der Waals surface area contributed by atoms with Crippen LogP contribution in [-0.2, 0) is 16.1 Å². The first-order chi connectivity index (χ1) is 17.1. The van der Waals surface area contributed by atoms with Gasteiger partial charge in [0.05, 0.1) is 29.6 Å². The van der Waals surface area contributed by atoms with Gasteiger partial charge in [-0.05, 0) is 66.1 Å². The van der Waals surface area contributed by atoms with Gasteiger partial charge in [0, 0.05) is 17.1 Å². The number of rotatable bonds is 7. The SMILES string of the molecule is N#Cc1cccc(-c2cccc(CNCC[C@@H]3CN(c4ccc5c(c4)NC(=O)CS5)C(=O)O3)c2)c1. The number of hydrogen-bond donors (Lipinski definition) is 2. The van der Waals surface area contributed by atoms with Crippen molar-refractivity contribution in [2.45, 2.75) is 24.0 Å². The van der Waals surface area contributed by atoms with Gasteiger partial charge in [-0.3, -0.25) is 9.69 Å². The highest BCUT2D eigenvalue weighted by Crippen LogP contribution is 2.35. The average molecular weight is 485 g/mol. The molecule has 0 unspecified atom stereocenters. The molecule has 1 fully saturated rings. The maximum absolute atomic E-state index is 12.5. The van der Waals surface area contributed by atoms with Crippen LogP contribution in [0.4, 0.5) is 16.2 Å². The van der Waals surface area contributed by atoms with Crippen molar-refractivity contribution >= 4 is 35.1 Å². The van der Waals surface area contributed by atoms with Gasteiger partial charge in [0.25, 0.3) is 0 Å². The zero-order chi connectivity index (χ0) is 24.2. The van der Waals surface area contributed by atoms with Crippen molar-refractivity contribution in [1.82, 2.24) is 5.32 Å². The zero-order valence-corrected chi connectivity index (χ0v) is 19.8. The number of nitrogens with one attached hydrogen (secondary N) is 2. The summed E-state index contributed by atoms with van der Waals surface area (Å²) in [6.07, 6.45) is 0.135. The number of nitrogens with zero attached hydrogens (tertiary/aromatic N) is 2. The van der Waals surface area contributed by atoms with E-state index < -0.39 is 0 Å². The molecule has 5 rings (SSSR count). The summed E-state index contributed by atoms with van der Waals surface area (Å²) in [6.45, 7) is 1.88. The number of nitriles is 1. The van der Waals surface area contributed by atoms with E-state index >= 15 is 0 Å². The topological polar surface area (TPSA) is 94.5 Å². The van der Waals surface area contributed by atoms with E-state index in [-0.39, 0.29) is 18.1 Å². The molecule has 0 radical (unpaired) electrons. The van der Waals surface area contributed by atoms with E-state index in [1.165, 1.54) is 11.8 Å². The molecule has 2 heterocycles. The largest absolute Gasteiger partial charge is 0.444 e. The molecule has 0 spiro atoms. The van der Waals surface area contributed by atoms with Crippen LogP contribution in [0.1, 0.15) is 17.5 Å². The van der Waals surface area contributed by atoms with Crippen LogP contribution < -0.4 is 15.5 Å². The Kier molecular flexibility index (Phi) is 6.70. The van der Waals surface area contributed by atoms with E-state index in [4.69, 9.17) is 10.00 Å². The third-order valence-electron chi connectivity index (χ3n) is 6.01. The molecule has 2 N–H and O–H groups in total. The minimum atomic E-state index is -0.364. The molecule has 3 aromatic carbocycles. The highest BCUT2D eigenvalue weighted by molar-refractivity contribution is 8.00. The molecule has 176 valence electrons. The molecule has 0 aromatic heterocycles. The third-order valence-corrected chi connectivity index (χ3v) is 7.08. The summed E-state index contributed by atoms with van der Waals surface area (Å²) in [6, 6.07) is 23.7. The number of carbonyl (C=O) groups is 2. The summed E-state index contributed by atoms with van der Waals surface area (Å²) in [5.41, 5.74) is 5.34. The smallest absolute Gasteiger partial charge is 0.414 e. The molecule has 35 heavy (non-hydrogen) atoms. The van der Waals surface area contributed by atoms with Crippen LogP contribution in [0.15, 0.2) is 71.6 Å². The number of anilines is 2. The first kappa shape index (κ1) is 23.0. The summed E-state index contributed by atoms with van der Waals surface area (Å²) < 4.78 is 5.57. The van der Waals surface area contributed by atoms with E-state index in [2.05, 4.69) is 28.8 Å². The van der Waals surface area contributed by atoms with Gasteiger partial charge in [0.1, 0.15) is 6.10 Å². The normalized spacial score (nSPS) is 16.9. The van der Waals surface area contributed by atoms with Crippen LogP contribution >= 0.6 is 11.8 Å². The van der Waals surface area contributed by atoms with Crippen LogP contribution in [0.5, 0.6) is 0 Å². The Morgan fingerprint density at radius 2 is 1.91 bits per heavy atom. The van der Waals surface area contributed by atoms with Gasteiger partial charge in [-0.1, -0.05) is 30.3 Å². The fraction of sp³-hybridized carbons (Fsp3) is 0.222. The summed E-state index contributed by atoms with van der Waals surface area (Å²) in [5, 5.41) is 15.4. The van der Waals surface area contributed by atoms with Gasteiger partial charge in [0.2, 0.25) is 5.91 Å². The Balaban J connectivity index is 1.14. The molecule has 0 bridgehead atoms. The lowest BCUT2D eigenvalue weighted by Gasteiger charge is -2.20. The number of hydrogen-bond acceptors (Lipinski definition) is 6. The van der Waals surface area contributed by atoms with Gasteiger partial charge in [-0.25, -0.2) is 4.79 Å². The fourth-order valence-electron chi connectivity index (χ4n) is 4.25. The number of carbonyl (C=O) groups excluding carboxylic acids is 2. The van der Waals surface area contributed by atoms with E-state index in [1.54, 1.807) is 11.0 Å². The molecule has 7 nitrogen and oxygen atoms in total. The first-order valence-corrected chi connectivity index (χ1v) is 12.4. The predicted octanol–water partition coefficient (Wildman–Crippen LogP) is 4.77. The fourth-order valence-corrected chi connectivity index (χ4v) is 5.04. The lowest BCUT2D eigenvalue weighted by Crippen LogP contribution is -2.26. The van der Waals surface area contributed by atoms with Crippen molar-refractivity contribution in [2.75, 3.05) is 29.1 Å². The van der Waals surface area contributed by atoms with Crippen molar-refractivity contribution in [3.05, 3.63) is 77.9 Å². The number of ether oxygens (including phenoxy) is 1. The lowest BCUT2D eigenvalue weighted by molar-refractivity contribution is -0.113. The lowest BCUT2D eigenvalue weighted by atomic mass is 10.0. The Bertz CT molecular complexity index is 1320. The highest BCUT2D eigenvalue weighted by Gasteiger charge is 2.32. The molecular weight excluding hydrogens is 460 g/mol. The number of cyclic esters (lactones) is 1. The minimum Gasteiger partial charge on any atom is -0.444 e. The summed E-state index contributed by atoms with van der Waals surface area (Å²) in [5.74, 6) is 0.375. The van der Waals surface area contributed by atoms with Crippen molar-refractivity contribution in [1.29, 1.82) is 5.26 Å². The molecule has 2 aliphatic rings. The molecule has 8 heteroatoms. The second-order valence-electron chi connectivity index (χ2n) is 8.49. The van der Waals surface area contributed by atoms with Crippen LogP contribution in [0.2, 0.25) is 0 Å².